The van der Waals surface area contributed by atoms with Gasteiger partial charge in [-0.2, -0.15) is 0 Å². The van der Waals surface area contributed by atoms with Crippen molar-refractivity contribution < 1.29 is 22.7 Å². The average molecular weight is 825 g/mol. The van der Waals surface area contributed by atoms with Gasteiger partial charge < -0.3 is 14.4 Å². The number of allylic oxidation sites excluding steroid dienone is 1. The number of fused-ring (bicyclic) bond motifs is 3. The summed E-state index contributed by atoms with van der Waals surface area (Å²) in [6.07, 6.45) is 10.2. The molecular formula is C45H66ClN5O5S. The summed E-state index contributed by atoms with van der Waals surface area (Å²) in [6, 6.07) is 12.7. The van der Waals surface area contributed by atoms with Gasteiger partial charge in [0.05, 0.1) is 17.5 Å². The fourth-order valence-corrected chi connectivity index (χ4v) is 11.6. The Morgan fingerprint density at radius 2 is 1.82 bits per heavy atom. The predicted octanol–water partition coefficient (Wildman–Crippen LogP) is 6.83. The molecule has 10 nitrogen and oxygen atoms in total. The van der Waals surface area contributed by atoms with Crippen LogP contribution in [0.25, 0.3) is 0 Å². The van der Waals surface area contributed by atoms with E-state index in [9.17, 15) is 13.2 Å². The third kappa shape index (κ3) is 9.24. The molecule has 0 aromatic heterocycles. The van der Waals surface area contributed by atoms with Crippen LogP contribution in [0, 0.1) is 17.8 Å². The molecular weight excluding hydrogens is 758 g/mol. The van der Waals surface area contributed by atoms with Gasteiger partial charge in [-0.3, -0.25) is 19.5 Å². The quantitative estimate of drug-likeness (QED) is 0.288. The molecule has 5 aliphatic rings. The number of carbonyl (C=O) groups excluding carboxylic acids is 1. The van der Waals surface area contributed by atoms with Crippen LogP contribution in [0.15, 0.2) is 48.6 Å². The topological polar surface area (TPSA) is 94.7 Å². The number of nitrogens with one attached hydrogen (secondary N) is 1. The van der Waals surface area contributed by atoms with E-state index in [0.29, 0.717) is 48.9 Å². The van der Waals surface area contributed by atoms with Gasteiger partial charge in [0.15, 0.2) is 0 Å². The summed E-state index contributed by atoms with van der Waals surface area (Å²) in [4.78, 5) is 24.0. The summed E-state index contributed by atoms with van der Waals surface area (Å²) in [5, 5.41) is -0.0381. The number of ether oxygens (including phenoxy) is 2. The van der Waals surface area contributed by atoms with Crippen molar-refractivity contribution in [1.29, 1.82) is 0 Å². The first-order valence-electron chi connectivity index (χ1n) is 21.6. The number of amides is 1. The van der Waals surface area contributed by atoms with Gasteiger partial charge in [0, 0.05) is 94.6 Å². The normalized spacial score (nSPS) is 32.0. The number of aryl methyl sites for hydroxylation is 1. The van der Waals surface area contributed by atoms with E-state index in [2.05, 4.69) is 69.4 Å². The van der Waals surface area contributed by atoms with Crippen LogP contribution in [0.3, 0.4) is 0 Å². The number of rotatable bonds is 8. The third-order valence-electron chi connectivity index (χ3n) is 14.1. The number of hydrogen-bond acceptors (Lipinski definition) is 9. The first-order chi connectivity index (χ1) is 27.3. The van der Waals surface area contributed by atoms with Gasteiger partial charge in [-0.05, 0) is 112 Å². The van der Waals surface area contributed by atoms with Crippen LogP contribution in [-0.4, -0.2) is 125 Å². The lowest BCUT2D eigenvalue weighted by molar-refractivity contribution is -0.102. The number of anilines is 1. The Kier molecular flexibility index (Phi) is 13.3. The molecule has 7 rings (SSSR count). The number of benzene rings is 2. The van der Waals surface area contributed by atoms with Crippen LogP contribution < -0.4 is 14.4 Å². The molecule has 57 heavy (non-hydrogen) atoms. The maximum absolute atomic E-state index is 13.7. The van der Waals surface area contributed by atoms with Crippen molar-refractivity contribution in [1.82, 2.24) is 19.4 Å². The lowest BCUT2D eigenvalue weighted by Crippen LogP contribution is -2.65. The minimum absolute atomic E-state index is 0.0647. The number of hydrogen-bond donors (Lipinski definition) is 1. The van der Waals surface area contributed by atoms with Crippen LogP contribution in [0.1, 0.15) is 94.1 Å². The minimum atomic E-state index is -3.96. The van der Waals surface area contributed by atoms with Gasteiger partial charge in [0.1, 0.15) is 11.4 Å². The van der Waals surface area contributed by atoms with E-state index in [1.165, 1.54) is 11.1 Å². The smallest absolute Gasteiger partial charge is 0.264 e. The van der Waals surface area contributed by atoms with Crippen molar-refractivity contribution >= 4 is 33.2 Å². The Morgan fingerprint density at radius 1 is 1.02 bits per heavy atom. The summed E-state index contributed by atoms with van der Waals surface area (Å²) < 4.78 is 43.2. The monoisotopic (exact) mass is 823 g/mol. The Balaban J connectivity index is 1.25. The van der Waals surface area contributed by atoms with Gasteiger partial charge in [-0.1, -0.05) is 50.1 Å². The number of sulfonamides is 1. The zero-order valence-corrected chi connectivity index (χ0v) is 36.7. The molecule has 1 N–H and O–H groups in total. The SMILES string of the molecule is CCCCc1cc(Cl)ccc1[C@@H]1COc2ccc3cc2N(C1)C[C@@H]1CC[C@H]1[C@@](CN1CCN2CCN(C(C)C)C[C@H]2C1)(OC)/C=C/C[C@H](C)[C@@H](C)S(=O)(=O)NC3=O. The van der Waals surface area contributed by atoms with Gasteiger partial charge in [0.2, 0.25) is 10.0 Å². The molecule has 4 heterocycles. The highest BCUT2D eigenvalue weighted by molar-refractivity contribution is 7.90. The van der Waals surface area contributed by atoms with E-state index in [1.807, 2.05) is 32.2 Å². The fourth-order valence-electron chi connectivity index (χ4n) is 10.1. The fraction of sp³-hybridized carbons (Fsp3) is 0.667. The molecule has 0 spiro atoms. The molecule has 0 unspecified atom stereocenters. The Hall–Kier alpha value is -2.67. The number of nitrogens with zero attached hydrogens (tertiary/aromatic N) is 4. The van der Waals surface area contributed by atoms with Crippen molar-refractivity contribution in [3.8, 4) is 5.75 Å². The van der Waals surface area contributed by atoms with Crippen LogP contribution in [0.4, 0.5) is 5.69 Å². The zero-order valence-electron chi connectivity index (χ0n) is 35.1. The van der Waals surface area contributed by atoms with Crippen molar-refractivity contribution in [2.24, 2.45) is 17.8 Å². The first-order valence-corrected chi connectivity index (χ1v) is 23.5. The van der Waals surface area contributed by atoms with Crippen molar-refractivity contribution in [2.75, 3.05) is 77.5 Å². The number of carbonyl (C=O) groups is 1. The lowest BCUT2D eigenvalue weighted by Gasteiger charge is -2.53. The highest BCUT2D eigenvalue weighted by Crippen LogP contribution is 2.47. The molecule has 1 aliphatic carbocycles. The standard InChI is InChI=1S/C45H66ClN5O5S/c1-7-8-11-34-23-38(46)14-15-40(34)37-26-51-25-36-12-16-41(36)45(55-6,30-48-19-20-49-21-22-50(31(2)3)28-39(49)27-48)18-9-10-32(4)33(5)57(53,54)47-44(52)35-13-17-43(56-29-37)42(51)24-35/h9,13-15,17-18,23-24,31-33,36-37,39,41H,7-8,10-12,16,19-22,25-30H2,1-6H3,(H,47,52)/b18-9+/t32-,33+,36-,37-,39+,41+,45+/m0/s1. The molecule has 4 aliphatic heterocycles. The predicted molar refractivity (Wildman–Crippen MR) is 230 cm³/mol. The van der Waals surface area contributed by atoms with E-state index in [-0.39, 0.29) is 17.8 Å². The maximum Gasteiger partial charge on any atom is 0.264 e. The van der Waals surface area contributed by atoms with Gasteiger partial charge in [0.25, 0.3) is 5.91 Å². The number of unbranched alkanes of at least 4 members (excludes halogenated alkanes) is 1. The van der Waals surface area contributed by atoms with E-state index in [4.69, 9.17) is 21.1 Å². The molecule has 0 radical (unpaired) electrons. The average Bonchev–Trinajstić information content (AvgIpc) is 3.36. The first kappa shape index (κ1) is 42.5. The van der Waals surface area contributed by atoms with Crippen molar-refractivity contribution in [3.63, 3.8) is 0 Å². The summed E-state index contributed by atoms with van der Waals surface area (Å²) >= 11 is 6.56. The van der Waals surface area contributed by atoms with Crippen LogP contribution >= 0.6 is 11.6 Å². The molecule has 12 heteroatoms. The molecule has 1 saturated carbocycles. The largest absolute Gasteiger partial charge is 0.491 e. The lowest BCUT2D eigenvalue weighted by atomic mass is 9.63. The number of piperazine rings is 2. The molecule has 314 valence electrons. The van der Waals surface area contributed by atoms with E-state index in [1.54, 1.807) is 13.0 Å². The minimum Gasteiger partial charge on any atom is -0.491 e. The second-order valence-corrected chi connectivity index (χ2v) is 20.4. The van der Waals surface area contributed by atoms with E-state index in [0.717, 1.165) is 95.2 Å². The Bertz CT molecular complexity index is 1880. The molecule has 1 amide bonds. The molecule has 7 atom stereocenters. The van der Waals surface area contributed by atoms with Crippen LogP contribution in [-0.2, 0) is 21.2 Å². The maximum atomic E-state index is 13.7. The van der Waals surface area contributed by atoms with Crippen molar-refractivity contribution in [2.45, 2.75) is 102 Å². The summed E-state index contributed by atoms with van der Waals surface area (Å²) in [5.74, 6) is 0.526. The van der Waals surface area contributed by atoms with Crippen LogP contribution in [0.5, 0.6) is 5.75 Å². The van der Waals surface area contributed by atoms with Gasteiger partial charge in [-0.25, -0.2) is 13.1 Å². The Morgan fingerprint density at radius 3 is 2.56 bits per heavy atom. The van der Waals surface area contributed by atoms with Crippen molar-refractivity contribution in [3.05, 3.63) is 70.3 Å². The molecule has 3 fully saturated rings. The van der Waals surface area contributed by atoms with E-state index >= 15 is 0 Å². The molecule has 2 aromatic carbocycles. The Labute approximate surface area is 347 Å². The highest BCUT2D eigenvalue weighted by Gasteiger charge is 2.49. The zero-order chi connectivity index (χ0) is 40.5. The van der Waals surface area contributed by atoms with Crippen LogP contribution in [0.2, 0.25) is 5.02 Å². The number of methoxy groups -OCH3 is 1. The highest BCUT2D eigenvalue weighted by atomic mass is 35.5. The molecule has 2 saturated heterocycles. The molecule has 2 bridgehead atoms. The summed E-state index contributed by atoms with van der Waals surface area (Å²) in [6.45, 7) is 19.6. The van der Waals surface area contributed by atoms with Gasteiger partial charge in [-0.15, -0.1) is 0 Å². The molecule has 2 aromatic rings. The second kappa shape index (κ2) is 17.9. The number of halogens is 1. The second-order valence-electron chi connectivity index (χ2n) is 18.0. The van der Waals surface area contributed by atoms with Gasteiger partial charge >= 0.3 is 0 Å². The summed E-state index contributed by atoms with van der Waals surface area (Å²) in [7, 11) is -2.09. The third-order valence-corrected chi connectivity index (χ3v) is 16.3. The van der Waals surface area contributed by atoms with E-state index < -0.39 is 26.8 Å². The summed E-state index contributed by atoms with van der Waals surface area (Å²) in [5.41, 5.74) is 3.09.